The third-order valence-electron chi connectivity index (χ3n) is 4.53. The Morgan fingerprint density at radius 1 is 1.29 bits per heavy atom. The first-order valence-electron chi connectivity index (χ1n) is 8.29. The lowest BCUT2D eigenvalue weighted by Gasteiger charge is -2.34. The smallest absolute Gasteiger partial charge is 0.276 e. The number of nitrogens with zero attached hydrogens (tertiary/aromatic N) is 3. The van der Waals surface area contributed by atoms with Crippen LogP contribution in [0, 0.1) is 5.82 Å². The van der Waals surface area contributed by atoms with Gasteiger partial charge in [-0.15, -0.1) is 0 Å². The van der Waals surface area contributed by atoms with Crippen LogP contribution in [0.4, 0.5) is 4.39 Å². The average molecular weight is 350 g/mol. The topological polar surface area (TPSA) is 38.1 Å². The van der Waals surface area contributed by atoms with Gasteiger partial charge in [-0.05, 0) is 30.5 Å². The summed E-state index contributed by atoms with van der Waals surface area (Å²) in [6, 6.07) is 6.46. The van der Waals surface area contributed by atoms with Gasteiger partial charge in [0.15, 0.2) is 5.69 Å². The van der Waals surface area contributed by atoms with E-state index >= 15 is 0 Å². The predicted molar refractivity (Wildman–Crippen MR) is 91.4 cm³/mol. The van der Waals surface area contributed by atoms with Gasteiger partial charge in [0.05, 0.1) is 5.02 Å². The van der Waals surface area contributed by atoms with E-state index < -0.39 is 0 Å². The largest absolute Gasteiger partial charge is 0.330 e. The average Bonchev–Trinajstić information content (AvgIpc) is 2.93. The lowest BCUT2D eigenvalue weighted by Crippen LogP contribution is -2.41. The number of hydrogen-bond acceptors (Lipinski definition) is 2. The van der Waals surface area contributed by atoms with Gasteiger partial charge >= 0.3 is 0 Å². The van der Waals surface area contributed by atoms with Crippen molar-refractivity contribution in [2.24, 2.45) is 7.05 Å². The zero-order valence-electron chi connectivity index (χ0n) is 13.7. The maximum absolute atomic E-state index is 13.1. The molecule has 1 heterocycles. The summed E-state index contributed by atoms with van der Waals surface area (Å²) in [5.41, 5.74) is 1.19. The molecule has 1 aliphatic carbocycles. The Kier molecular flexibility index (Phi) is 5.19. The summed E-state index contributed by atoms with van der Waals surface area (Å²) < 4.78 is 14.7. The van der Waals surface area contributed by atoms with Gasteiger partial charge in [-0.2, -0.15) is 5.10 Å². The van der Waals surface area contributed by atoms with Crippen LogP contribution in [0.5, 0.6) is 0 Å². The summed E-state index contributed by atoms with van der Waals surface area (Å²) in [5, 5.41) is 4.58. The van der Waals surface area contributed by atoms with Crippen molar-refractivity contribution in [2.75, 3.05) is 0 Å². The fourth-order valence-electron chi connectivity index (χ4n) is 3.29. The molecule has 2 aromatic rings. The third-order valence-corrected chi connectivity index (χ3v) is 4.81. The molecule has 0 saturated heterocycles. The van der Waals surface area contributed by atoms with E-state index in [9.17, 15) is 9.18 Å². The second-order valence-electron chi connectivity index (χ2n) is 6.35. The Labute approximate surface area is 146 Å². The fraction of sp³-hybridized carbons (Fsp3) is 0.444. The molecule has 0 bridgehead atoms. The van der Waals surface area contributed by atoms with Gasteiger partial charge in [0.1, 0.15) is 5.82 Å². The van der Waals surface area contributed by atoms with Crippen molar-refractivity contribution >= 4 is 17.5 Å². The highest BCUT2D eigenvalue weighted by Crippen LogP contribution is 2.27. The summed E-state index contributed by atoms with van der Waals surface area (Å²) >= 11 is 6.17. The second-order valence-corrected chi connectivity index (χ2v) is 6.76. The number of carbonyl (C=O) groups excluding carboxylic acids is 1. The normalized spacial score (nSPS) is 15.5. The molecule has 3 rings (SSSR count). The molecule has 0 spiro atoms. The lowest BCUT2D eigenvalue weighted by molar-refractivity contribution is 0.0607. The molecule has 1 amide bonds. The zero-order chi connectivity index (χ0) is 17.1. The summed E-state index contributed by atoms with van der Waals surface area (Å²) in [6.07, 6.45) is 7.04. The molecule has 6 heteroatoms. The van der Waals surface area contributed by atoms with Gasteiger partial charge in [-0.25, -0.2) is 4.39 Å². The molecule has 0 unspecified atom stereocenters. The zero-order valence-corrected chi connectivity index (χ0v) is 14.5. The minimum Gasteiger partial charge on any atom is -0.330 e. The lowest BCUT2D eigenvalue weighted by atomic mass is 9.93. The van der Waals surface area contributed by atoms with Crippen LogP contribution in [-0.2, 0) is 13.6 Å². The maximum atomic E-state index is 13.1. The second kappa shape index (κ2) is 7.34. The fourth-order valence-corrected chi connectivity index (χ4v) is 3.55. The predicted octanol–water partition coefficient (Wildman–Crippen LogP) is 4.19. The number of halogens is 2. The molecule has 24 heavy (non-hydrogen) atoms. The van der Waals surface area contributed by atoms with Crippen LogP contribution >= 0.6 is 11.6 Å². The molecule has 0 atom stereocenters. The SMILES string of the molecule is Cn1cc(Cl)c(C(=O)N(Cc2ccc(F)cc2)C2CCCCC2)n1. The molecule has 0 N–H and O–H groups in total. The van der Waals surface area contributed by atoms with E-state index in [-0.39, 0.29) is 23.5 Å². The van der Waals surface area contributed by atoms with E-state index in [0.29, 0.717) is 11.6 Å². The molecule has 4 nitrogen and oxygen atoms in total. The first-order chi connectivity index (χ1) is 11.5. The molecule has 1 aromatic carbocycles. The van der Waals surface area contributed by atoms with Crippen LogP contribution in [-0.4, -0.2) is 26.6 Å². The number of rotatable bonds is 4. The van der Waals surface area contributed by atoms with Crippen LogP contribution in [0.1, 0.15) is 48.2 Å². The summed E-state index contributed by atoms with van der Waals surface area (Å²) in [7, 11) is 1.74. The van der Waals surface area contributed by atoms with Crippen molar-refractivity contribution in [1.29, 1.82) is 0 Å². The van der Waals surface area contributed by atoms with E-state index in [1.165, 1.54) is 18.6 Å². The number of hydrogen-bond donors (Lipinski definition) is 0. The van der Waals surface area contributed by atoms with Gasteiger partial charge in [-0.1, -0.05) is 43.0 Å². The molecule has 1 aliphatic rings. The minimum atomic E-state index is -0.276. The first kappa shape index (κ1) is 17.0. The third kappa shape index (κ3) is 3.78. The van der Waals surface area contributed by atoms with Crippen molar-refractivity contribution in [3.8, 4) is 0 Å². The highest BCUT2D eigenvalue weighted by molar-refractivity contribution is 6.33. The van der Waals surface area contributed by atoms with Crippen molar-refractivity contribution in [1.82, 2.24) is 14.7 Å². The van der Waals surface area contributed by atoms with Crippen LogP contribution in [0.3, 0.4) is 0 Å². The van der Waals surface area contributed by atoms with Crippen molar-refractivity contribution in [3.63, 3.8) is 0 Å². The standard InChI is InChI=1S/C18H21ClFN3O/c1-22-12-16(19)17(21-22)18(24)23(15-5-3-2-4-6-15)11-13-7-9-14(20)10-8-13/h7-10,12,15H,2-6,11H2,1H3. The molecule has 1 fully saturated rings. The number of carbonyl (C=O) groups is 1. The molecule has 1 saturated carbocycles. The monoisotopic (exact) mass is 349 g/mol. The molecule has 1 aromatic heterocycles. The van der Waals surface area contributed by atoms with Gasteiger partial charge in [-0.3, -0.25) is 9.48 Å². The Hall–Kier alpha value is -1.88. The number of aromatic nitrogens is 2. The van der Waals surface area contributed by atoms with Gasteiger partial charge < -0.3 is 4.90 Å². The van der Waals surface area contributed by atoms with Gasteiger partial charge in [0.25, 0.3) is 5.91 Å². The van der Waals surface area contributed by atoms with Crippen molar-refractivity contribution in [3.05, 3.63) is 52.6 Å². The first-order valence-corrected chi connectivity index (χ1v) is 8.67. The van der Waals surface area contributed by atoms with E-state index in [2.05, 4.69) is 5.10 Å². The Morgan fingerprint density at radius 3 is 2.54 bits per heavy atom. The summed E-state index contributed by atoms with van der Waals surface area (Å²) in [4.78, 5) is 14.9. The van der Waals surface area contributed by atoms with E-state index in [0.717, 1.165) is 31.2 Å². The molecule has 0 aliphatic heterocycles. The minimum absolute atomic E-state index is 0.156. The number of benzene rings is 1. The summed E-state index contributed by atoms with van der Waals surface area (Å²) in [5.74, 6) is -0.432. The van der Waals surface area contributed by atoms with E-state index in [4.69, 9.17) is 11.6 Å². The maximum Gasteiger partial charge on any atom is 0.276 e. The Bertz CT molecular complexity index is 708. The van der Waals surface area contributed by atoms with E-state index in [1.807, 2.05) is 4.90 Å². The number of amides is 1. The highest BCUT2D eigenvalue weighted by atomic mass is 35.5. The molecular formula is C18H21ClFN3O. The van der Waals surface area contributed by atoms with Crippen LogP contribution < -0.4 is 0 Å². The molecule has 0 radical (unpaired) electrons. The van der Waals surface area contributed by atoms with E-state index in [1.54, 1.807) is 30.1 Å². The van der Waals surface area contributed by atoms with Crippen molar-refractivity contribution < 1.29 is 9.18 Å². The Balaban J connectivity index is 1.87. The quantitative estimate of drug-likeness (QED) is 0.830. The van der Waals surface area contributed by atoms with Crippen LogP contribution in [0.15, 0.2) is 30.5 Å². The highest BCUT2D eigenvalue weighted by Gasteiger charge is 2.29. The van der Waals surface area contributed by atoms with Gasteiger partial charge in [0, 0.05) is 25.8 Å². The van der Waals surface area contributed by atoms with Crippen LogP contribution in [0.25, 0.3) is 0 Å². The van der Waals surface area contributed by atoms with Crippen molar-refractivity contribution in [2.45, 2.75) is 44.7 Å². The molecule has 128 valence electrons. The van der Waals surface area contributed by atoms with Gasteiger partial charge in [0.2, 0.25) is 0 Å². The summed E-state index contributed by atoms with van der Waals surface area (Å²) in [6.45, 7) is 0.441. The Morgan fingerprint density at radius 2 is 1.96 bits per heavy atom. The van der Waals surface area contributed by atoms with Crippen LogP contribution in [0.2, 0.25) is 5.02 Å². The number of aryl methyl sites for hydroxylation is 1. The molecular weight excluding hydrogens is 329 g/mol.